The van der Waals surface area contributed by atoms with E-state index in [1.807, 2.05) is 17.0 Å². The van der Waals surface area contributed by atoms with E-state index in [0.29, 0.717) is 74.1 Å². The van der Waals surface area contributed by atoms with Gasteiger partial charge < -0.3 is 19.6 Å². The van der Waals surface area contributed by atoms with Crippen molar-refractivity contribution in [3.63, 3.8) is 0 Å². The first kappa shape index (κ1) is 37.3. The van der Waals surface area contributed by atoms with Crippen molar-refractivity contribution >= 4 is 22.6 Å². The van der Waals surface area contributed by atoms with Crippen LogP contribution < -0.4 is 5.56 Å². The van der Waals surface area contributed by atoms with Crippen LogP contribution in [0.5, 0.6) is 0 Å². The number of rotatable bonds is 9. The molecule has 0 unspecified atom stereocenters. The third-order valence-corrected chi connectivity index (χ3v) is 15.0. The lowest BCUT2D eigenvalue weighted by atomic mass is 9.45. The lowest BCUT2D eigenvalue weighted by molar-refractivity contribution is -0.141. The molecule has 54 heavy (non-hydrogen) atoms. The number of nitrogens with zero attached hydrogens (tertiary/aromatic N) is 3. The zero-order valence-corrected chi connectivity index (χ0v) is 32.0. The van der Waals surface area contributed by atoms with Crippen LogP contribution in [-0.2, 0) is 16.0 Å². The Labute approximate surface area is 318 Å². The molecule has 4 aliphatic carbocycles. The summed E-state index contributed by atoms with van der Waals surface area (Å²) in [6, 6.07) is 11.7. The fraction of sp³-hybridized carbons (Fsp3) is 0.636. The SMILES string of the molecule is C[C@]12CC[C@@H](O)C[C@@H]1CC[C@@H]1[C@@H]2CC[C@]2(C)[C@@H](OCCCCC(=O)N3CCN(C(=O)c4cc(Cc5n[nH]c(=O)c6ccccc56)ccc4F)CC3)CC[C@@H]12. The second-order valence-corrected chi connectivity index (χ2v) is 17.7. The van der Waals surface area contributed by atoms with Gasteiger partial charge in [0.2, 0.25) is 5.91 Å². The second-order valence-electron chi connectivity index (χ2n) is 17.7. The van der Waals surface area contributed by atoms with Crippen LogP contribution in [0, 0.1) is 40.3 Å². The quantitative estimate of drug-likeness (QED) is 0.231. The maximum absolute atomic E-state index is 15.0. The molecule has 4 saturated carbocycles. The minimum absolute atomic E-state index is 0.00288. The first-order valence-corrected chi connectivity index (χ1v) is 20.7. The number of hydrogen-bond donors (Lipinski definition) is 2. The van der Waals surface area contributed by atoms with Crippen molar-refractivity contribution in [1.82, 2.24) is 20.0 Å². The molecule has 2 amide bonds. The standard InChI is InChI=1S/C44H57FN4O5/c1-43-18-16-30(50)27-29(43)11-12-33-35-13-15-39(44(35,2)19-17-36(33)43)54-24-6-5-9-40(51)48-20-22-49(23-21-48)42(53)34-25-28(10-14-37(34)45)26-38-31-7-3-4-8-32(31)41(52)47-46-38/h3-4,7-8,10,14,25,29-30,33,35-36,39,50H,5-6,9,11-13,15-24,26-27H2,1-2H3,(H,47,52)/t29-,30+,33-,35-,36-,39-,43-,44-/m0/s1. The number of carbonyl (C=O) groups is 2. The zero-order valence-electron chi connectivity index (χ0n) is 32.0. The van der Waals surface area contributed by atoms with Crippen LogP contribution in [0.15, 0.2) is 47.3 Å². The molecule has 290 valence electrons. The number of fused-ring (bicyclic) bond motifs is 6. The molecule has 2 N–H and O–H groups in total. The maximum Gasteiger partial charge on any atom is 0.272 e. The smallest absolute Gasteiger partial charge is 0.272 e. The molecule has 5 aliphatic rings. The van der Waals surface area contributed by atoms with E-state index < -0.39 is 5.82 Å². The van der Waals surface area contributed by atoms with Crippen LogP contribution in [0.4, 0.5) is 4.39 Å². The Bertz CT molecular complexity index is 1930. The van der Waals surface area contributed by atoms with E-state index in [2.05, 4.69) is 24.0 Å². The first-order valence-electron chi connectivity index (χ1n) is 20.7. The van der Waals surface area contributed by atoms with Crippen molar-refractivity contribution in [2.24, 2.45) is 34.5 Å². The minimum Gasteiger partial charge on any atom is -0.393 e. The van der Waals surface area contributed by atoms with E-state index in [0.717, 1.165) is 60.8 Å². The van der Waals surface area contributed by atoms with Gasteiger partial charge in [0.15, 0.2) is 0 Å². The van der Waals surface area contributed by atoms with Crippen molar-refractivity contribution in [3.8, 4) is 0 Å². The molecule has 0 radical (unpaired) electrons. The van der Waals surface area contributed by atoms with Gasteiger partial charge in [-0.15, -0.1) is 0 Å². The number of benzene rings is 2. The molecule has 1 saturated heterocycles. The monoisotopic (exact) mass is 740 g/mol. The van der Waals surface area contributed by atoms with E-state index in [9.17, 15) is 23.9 Å². The molecular weight excluding hydrogens is 684 g/mol. The lowest BCUT2D eigenvalue weighted by Gasteiger charge is -2.60. The van der Waals surface area contributed by atoms with Gasteiger partial charge in [0, 0.05) is 51.0 Å². The van der Waals surface area contributed by atoms with Gasteiger partial charge >= 0.3 is 0 Å². The summed E-state index contributed by atoms with van der Waals surface area (Å²) in [5.41, 5.74) is 1.73. The van der Waals surface area contributed by atoms with Crippen molar-refractivity contribution in [2.45, 2.75) is 110 Å². The van der Waals surface area contributed by atoms with Crippen molar-refractivity contribution < 1.29 is 23.8 Å². The molecule has 9 nitrogen and oxygen atoms in total. The van der Waals surface area contributed by atoms with Crippen LogP contribution in [0.1, 0.15) is 113 Å². The highest BCUT2D eigenvalue weighted by molar-refractivity contribution is 5.95. The third-order valence-electron chi connectivity index (χ3n) is 15.0. The molecular formula is C44H57FN4O5. The van der Waals surface area contributed by atoms with Gasteiger partial charge in [-0.3, -0.25) is 14.4 Å². The largest absolute Gasteiger partial charge is 0.393 e. The summed E-state index contributed by atoms with van der Waals surface area (Å²) in [4.78, 5) is 42.3. The predicted molar refractivity (Wildman–Crippen MR) is 205 cm³/mol. The Morgan fingerprint density at radius 3 is 2.46 bits per heavy atom. The Hall–Kier alpha value is -3.63. The summed E-state index contributed by atoms with van der Waals surface area (Å²) in [6.07, 6.45) is 13.3. The van der Waals surface area contributed by atoms with Crippen molar-refractivity contribution in [2.75, 3.05) is 32.8 Å². The average Bonchev–Trinajstić information content (AvgIpc) is 3.52. The lowest BCUT2D eigenvalue weighted by Crippen LogP contribution is -2.54. The normalized spacial score (nSPS) is 32.2. The van der Waals surface area contributed by atoms with Gasteiger partial charge in [0.1, 0.15) is 5.82 Å². The number of aliphatic hydroxyl groups excluding tert-OH is 1. The molecule has 8 atom stereocenters. The molecule has 5 fully saturated rings. The fourth-order valence-corrected chi connectivity index (χ4v) is 11.9. The average molecular weight is 741 g/mol. The number of aromatic nitrogens is 2. The molecule has 2 heterocycles. The molecule has 0 bridgehead atoms. The van der Waals surface area contributed by atoms with Gasteiger partial charge in [0.25, 0.3) is 11.5 Å². The van der Waals surface area contributed by atoms with E-state index >= 15 is 0 Å². The van der Waals surface area contributed by atoms with E-state index in [-0.39, 0.29) is 34.5 Å². The Morgan fingerprint density at radius 2 is 1.65 bits per heavy atom. The second kappa shape index (κ2) is 15.1. The van der Waals surface area contributed by atoms with Gasteiger partial charge in [-0.2, -0.15) is 5.10 Å². The number of carbonyl (C=O) groups excluding carboxylic acids is 2. The van der Waals surface area contributed by atoms with Crippen molar-refractivity contribution in [1.29, 1.82) is 0 Å². The van der Waals surface area contributed by atoms with Gasteiger partial charge in [-0.1, -0.05) is 38.1 Å². The number of amides is 2. The first-order chi connectivity index (χ1) is 26.0. The summed E-state index contributed by atoms with van der Waals surface area (Å²) in [5.74, 6) is 2.13. The van der Waals surface area contributed by atoms with Crippen LogP contribution in [-0.4, -0.2) is 81.9 Å². The molecule has 3 aromatic rings. The number of aromatic amines is 1. The van der Waals surface area contributed by atoms with E-state index in [1.54, 1.807) is 29.2 Å². The number of piperazine rings is 1. The number of hydrogen-bond acceptors (Lipinski definition) is 6. The number of nitrogens with one attached hydrogen (secondary N) is 1. The Balaban J connectivity index is 0.781. The topological polar surface area (TPSA) is 116 Å². The summed E-state index contributed by atoms with van der Waals surface area (Å²) < 4.78 is 21.6. The number of aliphatic hydroxyl groups is 1. The summed E-state index contributed by atoms with van der Waals surface area (Å²) in [5, 5.41) is 18.4. The van der Waals surface area contributed by atoms with Gasteiger partial charge in [-0.05, 0) is 129 Å². The summed E-state index contributed by atoms with van der Waals surface area (Å²) in [7, 11) is 0. The predicted octanol–water partition coefficient (Wildman–Crippen LogP) is 6.90. The third kappa shape index (κ3) is 6.91. The number of unbranched alkanes of at least 4 members (excludes halogenated alkanes) is 1. The number of H-pyrrole nitrogens is 1. The Morgan fingerprint density at radius 1 is 0.907 bits per heavy atom. The van der Waals surface area contributed by atoms with Crippen LogP contribution in [0.2, 0.25) is 0 Å². The highest BCUT2D eigenvalue weighted by Crippen LogP contribution is 2.66. The van der Waals surface area contributed by atoms with Crippen LogP contribution >= 0.6 is 0 Å². The highest BCUT2D eigenvalue weighted by Gasteiger charge is 2.60. The Kier molecular flexibility index (Phi) is 10.5. The molecule has 8 rings (SSSR count). The molecule has 0 spiro atoms. The summed E-state index contributed by atoms with van der Waals surface area (Å²) >= 11 is 0. The fourth-order valence-electron chi connectivity index (χ4n) is 11.9. The molecule has 1 aliphatic heterocycles. The molecule has 2 aromatic carbocycles. The number of halogens is 1. The van der Waals surface area contributed by atoms with Crippen LogP contribution in [0.3, 0.4) is 0 Å². The van der Waals surface area contributed by atoms with Crippen LogP contribution in [0.25, 0.3) is 10.8 Å². The number of ether oxygens (including phenoxy) is 1. The molecule has 1 aromatic heterocycles. The maximum atomic E-state index is 15.0. The highest BCUT2D eigenvalue weighted by atomic mass is 19.1. The minimum atomic E-state index is -0.582. The van der Waals surface area contributed by atoms with Gasteiger partial charge in [-0.25, -0.2) is 9.49 Å². The van der Waals surface area contributed by atoms with E-state index in [1.165, 1.54) is 44.6 Å². The van der Waals surface area contributed by atoms with Crippen molar-refractivity contribution in [3.05, 3.63) is 75.5 Å². The van der Waals surface area contributed by atoms with Gasteiger partial charge in [0.05, 0.1) is 28.9 Å². The molecule has 10 heteroatoms. The van der Waals surface area contributed by atoms with E-state index in [4.69, 9.17) is 4.74 Å². The summed E-state index contributed by atoms with van der Waals surface area (Å²) in [6.45, 7) is 7.31. The zero-order chi connectivity index (χ0) is 37.6.